The Hall–Kier alpha value is -3.87. The van der Waals surface area contributed by atoms with Crippen LogP contribution in [0.15, 0.2) is 65.1 Å². The third-order valence-electron chi connectivity index (χ3n) is 5.71. The molecule has 0 atom stereocenters. The summed E-state index contributed by atoms with van der Waals surface area (Å²) in [6.45, 7) is 8.40. The van der Waals surface area contributed by atoms with Gasteiger partial charge in [-0.1, -0.05) is 44.2 Å². The van der Waals surface area contributed by atoms with E-state index in [2.05, 4.69) is 24.3 Å². The van der Waals surface area contributed by atoms with E-state index in [1.165, 1.54) is 11.6 Å². The third-order valence-corrected chi connectivity index (χ3v) is 5.71. The van der Waals surface area contributed by atoms with Gasteiger partial charge in [0.15, 0.2) is 5.76 Å². The minimum atomic E-state index is -0.385. The Labute approximate surface area is 198 Å². The van der Waals surface area contributed by atoms with Crippen molar-refractivity contribution in [1.29, 1.82) is 0 Å². The number of rotatable bonds is 8. The van der Waals surface area contributed by atoms with E-state index in [1.807, 2.05) is 31.2 Å². The van der Waals surface area contributed by atoms with Gasteiger partial charge in [0.1, 0.15) is 23.9 Å². The second-order valence-corrected chi connectivity index (χ2v) is 8.53. The van der Waals surface area contributed by atoms with Crippen LogP contribution in [0.25, 0.3) is 0 Å². The standard InChI is InChI=1S/C27H28FN3O3/c1-17(2)20-9-11-22(12-10-20)33-16-23-13-14-25(34-23)27(32)29-26-18(3)30-31(19(26)4)15-21-7-5-6-8-24(21)28/h5-14,17H,15-16H2,1-4H3,(H,29,32). The number of ether oxygens (including phenoxy) is 1. The van der Waals surface area contributed by atoms with Gasteiger partial charge in [0.2, 0.25) is 0 Å². The van der Waals surface area contributed by atoms with Gasteiger partial charge in [-0.05, 0) is 55.7 Å². The number of hydrogen-bond donors (Lipinski definition) is 1. The lowest BCUT2D eigenvalue weighted by Gasteiger charge is -2.08. The first-order valence-electron chi connectivity index (χ1n) is 11.2. The van der Waals surface area contributed by atoms with E-state index < -0.39 is 0 Å². The van der Waals surface area contributed by atoms with E-state index in [4.69, 9.17) is 9.15 Å². The van der Waals surface area contributed by atoms with Gasteiger partial charge in [0, 0.05) is 5.56 Å². The van der Waals surface area contributed by atoms with E-state index in [0.29, 0.717) is 28.6 Å². The molecule has 2 heterocycles. The summed E-state index contributed by atoms with van der Waals surface area (Å²) in [4.78, 5) is 12.8. The monoisotopic (exact) mass is 461 g/mol. The van der Waals surface area contributed by atoms with Gasteiger partial charge in [0.25, 0.3) is 5.91 Å². The molecule has 2 aromatic heterocycles. The van der Waals surface area contributed by atoms with Gasteiger partial charge in [-0.3, -0.25) is 9.48 Å². The van der Waals surface area contributed by atoms with E-state index in [0.717, 1.165) is 11.4 Å². The van der Waals surface area contributed by atoms with Crippen LogP contribution < -0.4 is 10.1 Å². The number of aryl methyl sites for hydroxylation is 1. The molecule has 176 valence electrons. The molecular formula is C27H28FN3O3. The number of benzene rings is 2. The third kappa shape index (κ3) is 5.20. The number of carbonyl (C=O) groups is 1. The fourth-order valence-corrected chi connectivity index (χ4v) is 3.68. The second kappa shape index (κ2) is 9.95. The average Bonchev–Trinajstić information content (AvgIpc) is 3.40. The summed E-state index contributed by atoms with van der Waals surface area (Å²) in [6, 6.07) is 17.8. The molecule has 0 bridgehead atoms. The van der Waals surface area contributed by atoms with E-state index in [-0.39, 0.29) is 30.6 Å². The fraction of sp³-hybridized carbons (Fsp3) is 0.259. The highest BCUT2D eigenvalue weighted by molar-refractivity contribution is 6.02. The second-order valence-electron chi connectivity index (χ2n) is 8.53. The van der Waals surface area contributed by atoms with Crippen molar-refractivity contribution in [2.75, 3.05) is 5.32 Å². The van der Waals surface area contributed by atoms with E-state index >= 15 is 0 Å². The molecule has 2 aromatic carbocycles. The molecule has 0 aliphatic carbocycles. The molecule has 1 amide bonds. The fourth-order valence-electron chi connectivity index (χ4n) is 3.68. The topological polar surface area (TPSA) is 69.3 Å². The van der Waals surface area contributed by atoms with Gasteiger partial charge in [-0.2, -0.15) is 5.10 Å². The Morgan fingerprint density at radius 1 is 1.09 bits per heavy atom. The van der Waals surface area contributed by atoms with Gasteiger partial charge in [-0.25, -0.2) is 4.39 Å². The molecule has 0 radical (unpaired) electrons. The van der Waals surface area contributed by atoms with E-state index in [9.17, 15) is 9.18 Å². The molecule has 4 aromatic rings. The van der Waals surface area contributed by atoms with Crippen LogP contribution >= 0.6 is 0 Å². The molecule has 0 unspecified atom stereocenters. The van der Waals surface area contributed by atoms with Crippen molar-refractivity contribution in [2.24, 2.45) is 0 Å². The first-order valence-corrected chi connectivity index (χ1v) is 11.2. The molecule has 0 saturated carbocycles. The Kier molecular flexibility index (Phi) is 6.82. The maximum Gasteiger partial charge on any atom is 0.291 e. The molecule has 0 aliphatic heterocycles. The van der Waals surface area contributed by atoms with Crippen LogP contribution in [0.1, 0.15) is 58.6 Å². The molecule has 0 saturated heterocycles. The zero-order valence-electron chi connectivity index (χ0n) is 19.8. The first kappa shape index (κ1) is 23.3. The summed E-state index contributed by atoms with van der Waals surface area (Å²) >= 11 is 0. The van der Waals surface area contributed by atoms with Crippen molar-refractivity contribution >= 4 is 11.6 Å². The molecule has 6 nitrogen and oxygen atoms in total. The van der Waals surface area contributed by atoms with Gasteiger partial charge in [0.05, 0.1) is 23.6 Å². The highest BCUT2D eigenvalue weighted by atomic mass is 19.1. The molecule has 1 N–H and O–H groups in total. The van der Waals surface area contributed by atoms with Crippen molar-refractivity contribution in [3.63, 3.8) is 0 Å². The van der Waals surface area contributed by atoms with Crippen molar-refractivity contribution in [3.05, 3.63) is 101 Å². The zero-order chi connectivity index (χ0) is 24.2. The highest BCUT2D eigenvalue weighted by Crippen LogP contribution is 2.23. The Balaban J connectivity index is 1.40. The lowest BCUT2D eigenvalue weighted by Crippen LogP contribution is -2.12. The highest BCUT2D eigenvalue weighted by Gasteiger charge is 2.18. The number of nitrogens with one attached hydrogen (secondary N) is 1. The largest absolute Gasteiger partial charge is 0.486 e. The molecule has 0 aliphatic rings. The van der Waals surface area contributed by atoms with Crippen LogP contribution in [-0.2, 0) is 13.2 Å². The number of anilines is 1. The van der Waals surface area contributed by atoms with Crippen molar-refractivity contribution < 1.29 is 18.3 Å². The summed E-state index contributed by atoms with van der Waals surface area (Å²) in [5, 5.41) is 7.33. The Morgan fingerprint density at radius 2 is 1.82 bits per heavy atom. The van der Waals surface area contributed by atoms with Gasteiger partial charge >= 0.3 is 0 Å². The Morgan fingerprint density at radius 3 is 2.53 bits per heavy atom. The van der Waals surface area contributed by atoms with E-state index in [1.54, 1.807) is 41.9 Å². The zero-order valence-corrected chi connectivity index (χ0v) is 19.8. The first-order chi connectivity index (χ1) is 16.3. The molecule has 7 heteroatoms. The molecule has 0 fully saturated rings. The number of carbonyl (C=O) groups excluding carboxylic acids is 1. The van der Waals surface area contributed by atoms with Gasteiger partial charge in [-0.15, -0.1) is 0 Å². The van der Waals surface area contributed by atoms with Crippen LogP contribution in [0.4, 0.5) is 10.1 Å². The van der Waals surface area contributed by atoms with Crippen molar-refractivity contribution in [2.45, 2.75) is 46.8 Å². The van der Waals surface area contributed by atoms with Gasteiger partial charge < -0.3 is 14.5 Å². The number of nitrogens with zero attached hydrogens (tertiary/aromatic N) is 2. The molecular weight excluding hydrogens is 433 g/mol. The van der Waals surface area contributed by atoms with Crippen LogP contribution in [0, 0.1) is 19.7 Å². The number of halogens is 1. The summed E-state index contributed by atoms with van der Waals surface area (Å²) in [6.07, 6.45) is 0. The van der Waals surface area contributed by atoms with Crippen LogP contribution in [0.2, 0.25) is 0 Å². The predicted molar refractivity (Wildman–Crippen MR) is 129 cm³/mol. The summed E-state index contributed by atoms with van der Waals surface area (Å²) in [7, 11) is 0. The molecule has 4 rings (SSSR count). The number of furan rings is 1. The predicted octanol–water partition coefficient (Wildman–Crippen LogP) is 6.24. The number of aromatic nitrogens is 2. The smallest absolute Gasteiger partial charge is 0.291 e. The molecule has 34 heavy (non-hydrogen) atoms. The van der Waals surface area contributed by atoms with Crippen LogP contribution in [0.3, 0.4) is 0 Å². The number of hydrogen-bond acceptors (Lipinski definition) is 4. The average molecular weight is 462 g/mol. The summed E-state index contributed by atoms with van der Waals surface area (Å²) in [5.74, 6) is 1.24. The minimum Gasteiger partial charge on any atom is -0.486 e. The van der Waals surface area contributed by atoms with Crippen molar-refractivity contribution in [1.82, 2.24) is 9.78 Å². The maximum absolute atomic E-state index is 14.0. The minimum absolute atomic E-state index is 0.175. The maximum atomic E-state index is 14.0. The van der Waals surface area contributed by atoms with Crippen LogP contribution in [0.5, 0.6) is 5.75 Å². The summed E-state index contributed by atoms with van der Waals surface area (Å²) in [5.41, 5.74) is 3.73. The lowest BCUT2D eigenvalue weighted by atomic mass is 10.0. The van der Waals surface area contributed by atoms with Crippen molar-refractivity contribution in [3.8, 4) is 5.75 Å². The number of amides is 1. The Bertz CT molecular complexity index is 1290. The SMILES string of the molecule is Cc1nn(Cc2ccccc2F)c(C)c1NC(=O)c1ccc(COc2ccc(C(C)C)cc2)o1. The quantitative estimate of drug-likeness (QED) is 0.337. The summed E-state index contributed by atoms with van der Waals surface area (Å²) < 4.78 is 27.2. The van der Waals surface area contributed by atoms with Crippen LogP contribution in [-0.4, -0.2) is 15.7 Å². The lowest BCUT2D eigenvalue weighted by molar-refractivity contribution is 0.0992. The molecule has 0 spiro atoms. The normalized spacial score (nSPS) is 11.1.